The van der Waals surface area contributed by atoms with Gasteiger partial charge in [0.2, 0.25) is 11.8 Å². The van der Waals surface area contributed by atoms with Gasteiger partial charge < -0.3 is 20.3 Å². The zero-order valence-electron chi connectivity index (χ0n) is 15.3. The minimum atomic E-state index is -0.513. The van der Waals surface area contributed by atoms with Gasteiger partial charge >= 0.3 is 0 Å². The summed E-state index contributed by atoms with van der Waals surface area (Å²) in [5, 5.41) is 6.75. The van der Waals surface area contributed by atoms with Crippen LogP contribution in [0.2, 0.25) is 0 Å². The van der Waals surface area contributed by atoms with E-state index in [9.17, 15) is 9.59 Å². The third-order valence-electron chi connectivity index (χ3n) is 4.53. The molecule has 1 unspecified atom stereocenters. The summed E-state index contributed by atoms with van der Waals surface area (Å²) in [4.78, 5) is 23.3. The van der Waals surface area contributed by atoms with Gasteiger partial charge in [0.15, 0.2) is 5.76 Å². The predicted octanol–water partition coefficient (Wildman–Crippen LogP) is 2.95. The fourth-order valence-corrected chi connectivity index (χ4v) is 3.19. The van der Waals surface area contributed by atoms with E-state index < -0.39 is 5.91 Å². The molecule has 1 aromatic heterocycles. The minimum absolute atomic E-state index is 0.0756. The summed E-state index contributed by atoms with van der Waals surface area (Å²) in [6.45, 7) is 2.03. The van der Waals surface area contributed by atoms with Crippen LogP contribution in [0.3, 0.4) is 0 Å². The zero-order valence-corrected chi connectivity index (χ0v) is 15.3. The van der Waals surface area contributed by atoms with Crippen LogP contribution in [0.15, 0.2) is 53.1 Å². The molecule has 0 saturated heterocycles. The number of aromatic nitrogens is 1. The molecule has 0 aliphatic carbocycles. The number of hydrogen-bond donors (Lipinski definition) is 2. The Balaban J connectivity index is 1.41. The molecule has 2 heterocycles. The molecule has 0 fully saturated rings. The van der Waals surface area contributed by atoms with Gasteiger partial charge in [0, 0.05) is 29.3 Å². The number of nitrogens with two attached hydrogens (primary N) is 1. The molecule has 2 aromatic carbocycles. The molecule has 4 rings (SSSR count). The van der Waals surface area contributed by atoms with Crippen LogP contribution in [0.4, 0.5) is 5.69 Å². The number of primary amides is 1. The Kier molecular flexibility index (Phi) is 4.57. The topological polar surface area (TPSA) is 107 Å². The van der Waals surface area contributed by atoms with E-state index in [0.717, 1.165) is 23.3 Å². The van der Waals surface area contributed by atoms with Gasteiger partial charge in [-0.1, -0.05) is 5.16 Å². The monoisotopic (exact) mass is 377 g/mol. The van der Waals surface area contributed by atoms with E-state index in [0.29, 0.717) is 22.7 Å². The molecule has 1 aliphatic rings. The molecule has 7 heteroatoms. The van der Waals surface area contributed by atoms with Gasteiger partial charge in [-0.05, 0) is 55.0 Å². The summed E-state index contributed by atoms with van der Waals surface area (Å²) < 4.78 is 11.1. The largest absolute Gasteiger partial charge is 0.490 e. The average Bonchev–Trinajstić information content (AvgIpc) is 3.26. The van der Waals surface area contributed by atoms with E-state index >= 15 is 0 Å². The lowest BCUT2D eigenvalue weighted by molar-refractivity contribution is -0.115. The number of carbonyl (C=O) groups is 2. The third kappa shape index (κ3) is 3.73. The van der Waals surface area contributed by atoms with Crippen LogP contribution < -0.4 is 15.8 Å². The Morgan fingerprint density at radius 1 is 1.18 bits per heavy atom. The minimum Gasteiger partial charge on any atom is -0.490 e. The molecule has 0 saturated carbocycles. The first kappa shape index (κ1) is 17.8. The molecule has 0 spiro atoms. The van der Waals surface area contributed by atoms with Crippen molar-refractivity contribution in [3.05, 3.63) is 65.4 Å². The average molecular weight is 377 g/mol. The Morgan fingerprint density at radius 2 is 1.96 bits per heavy atom. The SMILES string of the molecule is CC1Cc2cc(-c3cc(CC(=O)Nc4ccc(C(N)=O)cc4)no3)ccc2O1. The van der Waals surface area contributed by atoms with Crippen molar-refractivity contribution in [2.75, 3.05) is 5.32 Å². The quantitative estimate of drug-likeness (QED) is 0.711. The van der Waals surface area contributed by atoms with Crippen LogP contribution in [0, 0.1) is 0 Å². The summed E-state index contributed by atoms with van der Waals surface area (Å²) in [6.07, 6.45) is 1.11. The zero-order chi connectivity index (χ0) is 19.7. The molecule has 28 heavy (non-hydrogen) atoms. The van der Waals surface area contributed by atoms with Gasteiger partial charge in [0.1, 0.15) is 11.9 Å². The van der Waals surface area contributed by atoms with Gasteiger partial charge in [-0.2, -0.15) is 0 Å². The number of rotatable bonds is 5. The first-order valence-electron chi connectivity index (χ1n) is 8.93. The molecular weight excluding hydrogens is 358 g/mol. The highest BCUT2D eigenvalue weighted by Gasteiger charge is 2.20. The van der Waals surface area contributed by atoms with Gasteiger partial charge in [-0.25, -0.2) is 0 Å². The second-order valence-corrected chi connectivity index (χ2v) is 6.80. The van der Waals surface area contributed by atoms with E-state index in [2.05, 4.69) is 10.5 Å². The van der Waals surface area contributed by atoms with Crippen molar-refractivity contribution in [3.63, 3.8) is 0 Å². The van der Waals surface area contributed by atoms with Crippen LogP contribution >= 0.6 is 0 Å². The van der Waals surface area contributed by atoms with Gasteiger partial charge in [0.05, 0.1) is 12.1 Å². The van der Waals surface area contributed by atoms with Crippen LogP contribution in [0.1, 0.15) is 28.5 Å². The highest BCUT2D eigenvalue weighted by atomic mass is 16.5. The van der Waals surface area contributed by atoms with Crippen LogP contribution in [-0.4, -0.2) is 23.1 Å². The predicted molar refractivity (Wildman–Crippen MR) is 103 cm³/mol. The number of benzene rings is 2. The first-order chi connectivity index (χ1) is 13.5. The Morgan fingerprint density at radius 3 is 2.71 bits per heavy atom. The number of fused-ring (bicyclic) bond motifs is 1. The van der Waals surface area contributed by atoms with Crippen molar-refractivity contribution in [1.29, 1.82) is 0 Å². The lowest BCUT2D eigenvalue weighted by Gasteiger charge is -2.04. The van der Waals surface area contributed by atoms with Gasteiger partial charge in [0.25, 0.3) is 0 Å². The second-order valence-electron chi connectivity index (χ2n) is 6.80. The van der Waals surface area contributed by atoms with E-state index in [1.807, 2.05) is 25.1 Å². The summed E-state index contributed by atoms with van der Waals surface area (Å²) >= 11 is 0. The number of nitrogens with one attached hydrogen (secondary N) is 1. The highest BCUT2D eigenvalue weighted by molar-refractivity contribution is 5.95. The maximum Gasteiger partial charge on any atom is 0.248 e. The molecule has 0 bridgehead atoms. The number of ether oxygens (including phenoxy) is 1. The molecular formula is C21H19N3O4. The molecule has 1 aliphatic heterocycles. The fourth-order valence-electron chi connectivity index (χ4n) is 3.19. The summed E-state index contributed by atoms with van der Waals surface area (Å²) in [5.74, 6) is 0.761. The molecule has 1 atom stereocenters. The number of amides is 2. The van der Waals surface area contributed by atoms with E-state index in [1.165, 1.54) is 0 Å². The molecule has 0 radical (unpaired) electrons. The lowest BCUT2D eigenvalue weighted by atomic mass is 10.1. The smallest absolute Gasteiger partial charge is 0.248 e. The van der Waals surface area contributed by atoms with Crippen molar-refractivity contribution in [2.45, 2.75) is 25.9 Å². The van der Waals surface area contributed by atoms with Crippen LogP contribution in [0.25, 0.3) is 11.3 Å². The highest BCUT2D eigenvalue weighted by Crippen LogP contribution is 2.33. The van der Waals surface area contributed by atoms with E-state index in [-0.39, 0.29) is 18.4 Å². The van der Waals surface area contributed by atoms with Crippen molar-refractivity contribution in [3.8, 4) is 17.1 Å². The number of carbonyl (C=O) groups excluding carboxylic acids is 2. The van der Waals surface area contributed by atoms with Crippen molar-refractivity contribution < 1.29 is 18.8 Å². The summed E-state index contributed by atoms with van der Waals surface area (Å²) in [5.41, 5.74) is 8.73. The fraction of sp³-hybridized carbons (Fsp3) is 0.190. The maximum absolute atomic E-state index is 12.2. The van der Waals surface area contributed by atoms with E-state index in [1.54, 1.807) is 30.3 Å². The van der Waals surface area contributed by atoms with Crippen LogP contribution in [0.5, 0.6) is 5.75 Å². The molecule has 142 valence electrons. The standard InChI is InChI=1S/C21H19N3O4/c1-12-8-15-9-14(4-7-18(15)27-12)19-10-17(24-28-19)11-20(25)23-16-5-2-13(3-6-16)21(22)26/h2-7,9-10,12H,8,11H2,1H3,(H2,22,26)(H,23,25). The normalized spacial score (nSPS) is 15.0. The molecule has 7 nitrogen and oxygen atoms in total. The number of hydrogen-bond acceptors (Lipinski definition) is 5. The first-order valence-corrected chi connectivity index (χ1v) is 8.93. The third-order valence-corrected chi connectivity index (χ3v) is 4.53. The van der Waals surface area contributed by atoms with Gasteiger partial charge in [-0.3, -0.25) is 9.59 Å². The molecule has 3 aromatic rings. The summed E-state index contributed by atoms with van der Waals surface area (Å²) in [6, 6.07) is 14.0. The second kappa shape index (κ2) is 7.19. The lowest BCUT2D eigenvalue weighted by Crippen LogP contribution is -2.15. The Labute approximate surface area is 161 Å². The van der Waals surface area contributed by atoms with Gasteiger partial charge in [-0.15, -0.1) is 0 Å². The number of nitrogens with zero attached hydrogens (tertiary/aromatic N) is 1. The molecule has 2 amide bonds. The Hall–Kier alpha value is -3.61. The summed E-state index contributed by atoms with van der Waals surface area (Å²) in [7, 11) is 0. The van der Waals surface area contributed by atoms with Crippen molar-refractivity contribution >= 4 is 17.5 Å². The van der Waals surface area contributed by atoms with Crippen molar-refractivity contribution in [1.82, 2.24) is 5.16 Å². The number of anilines is 1. The maximum atomic E-state index is 12.2. The Bertz CT molecular complexity index is 1040. The van der Waals surface area contributed by atoms with E-state index in [4.69, 9.17) is 15.0 Å². The van der Waals surface area contributed by atoms with Crippen LogP contribution in [-0.2, 0) is 17.6 Å². The van der Waals surface area contributed by atoms with Crippen molar-refractivity contribution in [2.24, 2.45) is 5.73 Å². The molecule has 3 N–H and O–H groups in total.